The molecule has 5 rings (SSSR count). The first-order valence-electron chi connectivity index (χ1n) is 13.0. The van der Waals surface area contributed by atoms with Crippen LogP contribution in [0.15, 0.2) is 90.7 Å². The van der Waals surface area contributed by atoms with Crippen molar-refractivity contribution in [3.63, 3.8) is 0 Å². The van der Waals surface area contributed by atoms with E-state index < -0.39 is 6.04 Å². The zero-order valence-electron chi connectivity index (χ0n) is 22.9. The quantitative estimate of drug-likeness (QED) is 0.284. The number of carbonyl (C=O) groups excluding carboxylic acids is 1. The lowest BCUT2D eigenvalue weighted by Gasteiger charge is -2.30. The van der Waals surface area contributed by atoms with Gasteiger partial charge >= 0.3 is 0 Å². The molecule has 194 valence electrons. The molecule has 0 aliphatic carbocycles. The molecule has 2 aliphatic rings. The molecular weight excluding hydrogens is 490 g/mol. The van der Waals surface area contributed by atoms with Gasteiger partial charge in [-0.2, -0.15) is 4.58 Å². The molecule has 2 N–H and O–H groups in total. The molecule has 1 atom stereocenters. The molecule has 0 spiro atoms. The van der Waals surface area contributed by atoms with E-state index in [-0.39, 0.29) is 16.7 Å². The molecule has 3 aromatic carbocycles. The third-order valence-electron chi connectivity index (χ3n) is 8.22. The van der Waals surface area contributed by atoms with Crippen LogP contribution >= 0.6 is 11.6 Å². The third kappa shape index (κ3) is 3.99. The SMILES string of the molecule is CC(C(N)=O)N1/C(=C/C=C/C=C/C2=[N+](C)c3ccc(Cl)cc3C2(C)C)C(C)(C)c2c1ccc1ccccc21. The Balaban J connectivity index is 1.51. The summed E-state index contributed by atoms with van der Waals surface area (Å²) in [5.41, 5.74) is 12.3. The summed E-state index contributed by atoms with van der Waals surface area (Å²) < 4.78 is 2.23. The predicted octanol–water partition coefficient (Wildman–Crippen LogP) is 7.17. The minimum atomic E-state index is -0.472. The number of rotatable bonds is 5. The summed E-state index contributed by atoms with van der Waals surface area (Å²) in [5, 5.41) is 3.14. The maximum atomic E-state index is 12.4. The molecule has 0 fully saturated rings. The van der Waals surface area contributed by atoms with E-state index in [4.69, 9.17) is 17.3 Å². The number of allylic oxidation sites excluding steroid dienone is 6. The van der Waals surface area contributed by atoms with Gasteiger partial charge in [0.15, 0.2) is 5.71 Å². The molecule has 4 nitrogen and oxygen atoms in total. The van der Waals surface area contributed by atoms with Gasteiger partial charge < -0.3 is 10.6 Å². The van der Waals surface area contributed by atoms with Gasteiger partial charge in [-0.3, -0.25) is 4.79 Å². The van der Waals surface area contributed by atoms with E-state index in [9.17, 15) is 4.79 Å². The standard InChI is InChI=1S/C33H34ClN3O/c1-21(31(35)38)37-27-18-16-22-12-10-11-13-24(22)30(27)33(4,5)29(37)15-9-7-8-14-28-32(2,3)25-20-23(34)17-19-26(25)36(28)6/h7-21H,1-6H3,(H-,35,38)/p+1. The van der Waals surface area contributed by atoms with Crippen molar-refractivity contribution in [3.8, 4) is 0 Å². The van der Waals surface area contributed by atoms with Crippen molar-refractivity contribution in [2.75, 3.05) is 11.9 Å². The first kappa shape index (κ1) is 26.0. The number of hydrogen-bond donors (Lipinski definition) is 1. The van der Waals surface area contributed by atoms with Crippen molar-refractivity contribution in [2.24, 2.45) is 5.73 Å². The number of primary amides is 1. The van der Waals surface area contributed by atoms with Gasteiger partial charge in [-0.1, -0.05) is 74.0 Å². The normalized spacial score (nSPS) is 19.7. The van der Waals surface area contributed by atoms with E-state index in [0.29, 0.717) is 0 Å². The maximum absolute atomic E-state index is 12.4. The summed E-state index contributed by atoms with van der Waals surface area (Å²) in [4.78, 5) is 14.5. The lowest BCUT2D eigenvalue weighted by Crippen LogP contribution is -2.42. The molecule has 0 aromatic heterocycles. The molecule has 0 saturated carbocycles. The van der Waals surface area contributed by atoms with Crippen molar-refractivity contribution in [3.05, 3.63) is 107 Å². The highest BCUT2D eigenvalue weighted by molar-refractivity contribution is 6.30. The predicted molar refractivity (Wildman–Crippen MR) is 160 cm³/mol. The van der Waals surface area contributed by atoms with Crippen LogP contribution in [0.3, 0.4) is 0 Å². The zero-order chi connectivity index (χ0) is 27.4. The fourth-order valence-corrected chi connectivity index (χ4v) is 6.35. The number of nitrogens with two attached hydrogens (primary N) is 1. The Labute approximate surface area is 230 Å². The third-order valence-corrected chi connectivity index (χ3v) is 8.45. The summed E-state index contributed by atoms with van der Waals surface area (Å²) in [6.07, 6.45) is 10.4. The minimum Gasteiger partial charge on any atom is -0.368 e. The van der Waals surface area contributed by atoms with Crippen LogP contribution in [0, 0.1) is 0 Å². The Hall–Kier alpha value is -3.63. The lowest BCUT2D eigenvalue weighted by molar-refractivity contribution is -0.401. The van der Waals surface area contributed by atoms with E-state index in [0.717, 1.165) is 16.4 Å². The molecule has 1 amide bonds. The second kappa shape index (κ2) is 9.28. The van der Waals surface area contributed by atoms with Crippen LogP contribution in [0.2, 0.25) is 5.02 Å². The smallest absolute Gasteiger partial charge is 0.240 e. The van der Waals surface area contributed by atoms with Crippen LogP contribution in [0.1, 0.15) is 45.7 Å². The van der Waals surface area contributed by atoms with E-state index in [1.165, 1.54) is 33.3 Å². The second-order valence-electron chi connectivity index (χ2n) is 11.3. The van der Waals surface area contributed by atoms with Gasteiger partial charge in [0.25, 0.3) is 0 Å². The molecule has 3 aromatic rings. The topological polar surface area (TPSA) is 49.3 Å². The number of halogens is 1. The van der Waals surface area contributed by atoms with E-state index in [1.54, 1.807) is 0 Å². The molecule has 5 heteroatoms. The first-order chi connectivity index (χ1) is 18.0. The second-order valence-corrected chi connectivity index (χ2v) is 11.7. The van der Waals surface area contributed by atoms with Crippen molar-refractivity contribution >= 4 is 45.4 Å². The van der Waals surface area contributed by atoms with Crippen LogP contribution in [-0.4, -0.2) is 29.3 Å². The monoisotopic (exact) mass is 524 g/mol. The summed E-state index contributed by atoms with van der Waals surface area (Å²) in [6, 6.07) is 18.3. The summed E-state index contributed by atoms with van der Waals surface area (Å²) in [7, 11) is 2.10. The van der Waals surface area contributed by atoms with Gasteiger partial charge in [0.2, 0.25) is 11.6 Å². The van der Waals surface area contributed by atoms with Crippen LogP contribution in [0.4, 0.5) is 11.4 Å². The Kier molecular flexibility index (Phi) is 6.35. The fraction of sp³-hybridized carbons (Fsp3) is 0.273. The largest absolute Gasteiger partial charge is 0.368 e. The van der Waals surface area contributed by atoms with E-state index >= 15 is 0 Å². The molecule has 38 heavy (non-hydrogen) atoms. The van der Waals surface area contributed by atoms with Crippen LogP contribution in [0.25, 0.3) is 10.8 Å². The number of nitrogens with zero attached hydrogens (tertiary/aromatic N) is 2. The fourth-order valence-electron chi connectivity index (χ4n) is 6.18. The molecule has 2 heterocycles. The van der Waals surface area contributed by atoms with Crippen molar-refractivity contribution in [1.29, 1.82) is 0 Å². The van der Waals surface area contributed by atoms with Crippen molar-refractivity contribution in [2.45, 2.75) is 51.5 Å². The molecule has 2 aliphatic heterocycles. The number of amides is 1. The summed E-state index contributed by atoms with van der Waals surface area (Å²) >= 11 is 6.30. The average Bonchev–Trinajstić information content (AvgIpc) is 3.21. The number of fused-ring (bicyclic) bond motifs is 4. The minimum absolute atomic E-state index is 0.151. The molecule has 0 saturated heterocycles. The average molecular weight is 525 g/mol. The van der Waals surface area contributed by atoms with Gasteiger partial charge in [0, 0.05) is 39.5 Å². The Morgan fingerprint density at radius 2 is 1.74 bits per heavy atom. The van der Waals surface area contributed by atoms with E-state index in [1.807, 2.05) is 19.1 Å². The Bertz CT molecular complexity index is 1590. The van der Waals surface area contributed by atoms with Crippen LogP contribution in [0.5, 0.6) is 0 Å². The van der Waals surface area contributed by atoms with Crippen LogP contribution < -0.4 is 10.6 Å². The summed E-state index contributed by atoms with van der Waals surface area (Å²) in [5.74, 6) is -0.348. The number of benzene rings is 3. The Morgan fingerprint density at radius 3 is 2.47 bits per heavy atom. The van der Waals surface area contributed by atoms with Gasteiger partial charge in [-0.25, -0.2) is 0 Å². The van der Waals surface area contributed by atoms with Gasteiger partial charge in [-0.15, -0.1) is 0 Å². The molecular formula is C33H35ClN3O+. The number of carbonyl (C=O) groups is 1. The highest BCUT2D eigenvalue weighted by atomic mass is 35.5. The number of hydrogen-bond acceptors (Lipinski definition) is 2. The van der Waals surface area contributed by atoms with Gasteiger partial charge in [0.05, 0.1) is 5.41 Å². The summed E-state index contributed by atoms with van der Waals surface area (Å²) in [6.45, 7) is 10.8. The van der Waals surface area contributed by atoms with Crippen molar-refractivity contribution < 1.29 is 9.37 Å². The van der Waals surface area contributed by atoms with Crippen LogP contribution in [-0.2, 0) is 15.6 Å². The van der Waals surface area contributed by atoms with E-state index in [2.05, 4.69) is 117 Å². The maximum Gasteiger partial charge on any atom is 0.240 e. The highest BCUT2D eigenvalue weighted by Crippen LogP contribution is 2.51. The Morgan fingerprint density at radius 1 is 1.00 bits per heavy atom. The highest BCUT2D eigenvalue weighted by Gasteiger charge is 2.44. The lowest BCUT2D eigenvalue weighted by atomic mass is 9.81. The first-order valence-corrected chi connectivity index (χ1v) is 13.4. The van der Waals surface area contributed by atoms with Gasteiger partial charge in [0.1, 0.15) is 13.1 Å². The number of anilines is 1. The molecule has 0 radical (unpaired) electrons. The van der Waals surface area contributed by atoms with Gasteiger partial charge in [-0.05, 0) is 61.4 Å². The van der Waals surface area contributed by atoms with Crippen molar-refractivity contribution in [1.82, 2.24) is 0 Å². The molecule has 1 unspecified atom stereocenters. The zero-order valence-corrected chi connectivity index (χ0v) is 23.7. The molecule has 0 bridgehead atoms.